The molecule has 9 heteroatoms. The molecule has 1 aromatic carbocycles. The van der Waals surface area contributed by atoms with Gasteiger partial charge in [-0.25, -0.2) is 8.42 Å². The summed E-state index contributed by atoms with van der Waals surface area (Å²) >= 11 is 0. The number of sulfone groups is 1. The highest BCUT2D eigenvalue weighted by Crippen LogP contribution is 2.22. The van der Waals surface area contributed by atoms with Gasteiger partial charge in [0.25, 0.3) is 5.69 Å². The molecule has 1 aliphatic rings. The second kappa shape index (κ2) is 6.37. The van der Waals surface area contributed by atoms with Crippen LogP contribution in [0.2, 0.25) is 0 Å². The zero-order valence-electron chi connectivity index (χ0n) is 11.9. The summed E-state index contributed by atoms with van der Waals surface area (Å²) in [6.07, 6.45) is 0.229. The number of ketones is 3. The lowest BCUT2D eigenvalue weighted by molar-refractivity contribution is -0.385. The van der Waals surface area contributed by atoms with Crippen molar-refractivity contribution in [1.29, 1.82) is 0 Å². The SMILES string of the molecule is O=C(CS(=O)(=O)C1C(=O)CCCC1=O)c1ccccc1[N+](=O)[O-]. The zero-order chi connectivity index (χ0) is 17.2. The Kier molecular flexibility index (Phi) is 4.69. The summed E-state index contributed by atoms with van der Waals surface area (Å²) in [4.78, 5) is 45.7. The van der Waals surface area contributed by atoms with Crippen LogP contribution in [0.1, 0.15) is 29.6 Å². The molecule has 0 radical (unpaired) electrons. The maximum absolute atomic E-state index is 12.2. The van der Waals surface area contributed by atoms with Crippen molar-refractivity contribution < 1.29 is 27.7 Å². The van der Waals surface area contributed by atoms with Crippen molar-refractivity contribution in [3.05, 3.63) is 39.9 Å². The molecule has 0 atom stereocenters. The third kappa shape index (κ3) is 3.50. The first-order chi connectivity index (χ1) is 10.7. The molecule has 2 rings (SSSR count). The van der Waals surface area contributed by atoms with Crippen molar-refractivity contribution in [2.24, 2.45) is 0 Å². The van der Waals surface area contributed by atoms with Crippen LogP contribution in [0.15, 0.2) is 24.3 Å². The molecule has 0 unspecified atom stereocenters. The van der Waals surface area contributed by atoms with Crippen LogP contribution >= 0.6 is 0 Å². The smallest absolute Gasteiger partial charge is 0.280 e. The van der Waals surface area contributed by atoms with E-state index in [1.54, 1.807) is 0 Å². The number of Topliss-reactive ketones (excluding diaryl/α,β-unsaturated/α-hetero) is 3. The Morgan fingerprint density at radius 3 is 2.30 bits per heavy atom. The predicted octanol–water partition coefficient (Wildman–Crippen LogP) is 0.883. The number of nitrogens with zero attached hydrogens (tertiary/aromatic N) is 1. The van der Waals surface area contributed by atoms with Crippen molar-refractivity contribution in [3.8, 4) is 0 Å². The zero-order valence-corrected chi connectivity index (χ0v) is 12.7. The number of benzene rings is 1. The van der Waals surface area contributed by atoms with Crippen LogP contribution in [0.25, 0.3) is 0 Å². The molecule has 0 bridgehead atoms. The number of nitro benzene ring substituents is 1. The molecule has 0 heterocycles. The predicted molar refractivity (Wildman–Crippen MR) is 78.9 cm³/mol. The van der Waals surface area contributed by atoms with Crippen molar-refractivity contribution >= 4 is 32.9 Å². The molecule has 1 aliphatic carbocycles. The number of hydrogen-bond acceptors (Lipinski definition) is 7. The average Bonchev–Trinajstić information content (AvgIpc) is 2.46. The standard InChI is InChI=1S/C14H13NO7S/c16-11-6-3-7-12(17)14(11)23(21,22)8-13(18)9-4-1-2-5-10(9)15(19)20/h1-2,4-5,14H,3,6-8H2. The van der Waals surface area contributed by atoms with Gasteiger partial charge < -0.3 is 0 Å². The van der Waals surface area contributed by atoms with E-state index in [-0.39, 0.29) is 18.4 Å². The van der Waals surface area contributed by atoms with Gasteiger partial charge in [0.1, 0.15) is 5.75 Å². The molecular weight excluding hydrogens is 326 g/mol. The van der Waals surface area contributed by atoms with Crippen LogP contribution in [0.4, 0.5) is 5.69 Å². The number of carbonyl (C=O) groups is 3. The molecule has 0 N–H and O–H groups in total. The largest absolute Gasteiger partial charge is 0.298 e. The van der Waals surface area contributed by atoms with E-state index >= 15 is 0 Å². The van der Waals surface area contributed by atoms with Crippen LogP contribution in [0, 0.1) is 10.1 Å². The van der Waals surface area contributed by atoms with Crippen LogP contribution in [-0.4, -0.2) is 41.7 Å². The number of hydrogen-bond donors (Lipinski definition) is 0. The normalized spacial score (nSPS) is 16.3. The first kappa shape index (κ1) is 16.9. The molecule has 0 aromatic heterocycles. The molecule has 8 nitrogen and oxygen atoms in total. The summed E-state index contributed by atoms with van der Waals surface area (Å²) in [7, 11) is -4.34. The van der Waals surface area contributed by atoms with Gasteiger partial charge in [0.2, 0.25) is 0 Å². The minimum absolute atomic E-state index is 0.0324. The van der Waals surface area contributed by atoms with Crippen molar-refractivity contribution in [2.45, 2.75) is 24.5 Å². The lowest BCUT2D eigenvalue weighted by Crippen LogP contribution is -2.43. The van der Waals surface area contributed by atoms with Gasteiger partial charge >= 0.3 is 0 Å². The highest BCUT2D eigenvalue weighted by Gasteiger charge is 2.42. The molecule has 122 valence electrons. The molecule has 23 heavy (non-hydrogen) atoms. The fourth-order valence-corrected chi connectivity index (χ4v) is 4.22. The highest BCUT2D eigenvalue weighted by atomic mass is 32.2. The van der Waals surface area contributed by atoms with Crippen LogP contribution < -0.4 is 0 Å². The van der Waals surface area contributed by atoms with Gasteiger partial charge in [-0.3, -0.25) is 24.5 Å². The average molecular weight is 339 g/mol. The Bertz CT molecular complexity index is 781. The summed E-state index contributed by atoms with van der Waals surface area (Å²) < 4.78 is 24.5. The summed E-state index contributed by atoms with van der Waals surface area (Å²) in [5.74, 6) is -3.57. The topological polar surface area (TPSA) is 128 Å². The van der Waals surface area contributed by atoms with Crippen molar-refractivity contribution in [2.75, 3.05) is 5.75 Å². The Hall–Kier alpha value is -2.42. The number of carbonyl (C=O) groups excluding carboxylic acids is 3. The maximum atomic E-state index is 12.2. The molecular formula is C14H13NO7S. The van der Waals surface area contributed by atoms with E-state index in [2.05, 4.69) is 0 Å². The first-order valence-corrected chi connectivity index (χ1v) is 8.49. The van der Waals surface area contributed by atoms with Crippen molar-refractivity contribution in [3.63, 3.8) is 0 Å². The van der Waals surface area contributed by atoms with E-state index in [1.807, 2.05) is 0 Å². The molecule has 0 amide bonds. The third-order valence-corrected chi connectivity index (χ3v) is 5.43. The number of para-hydroxylation sites is 1. The van der Waals surface area contributed by atoms with Gasteiger partial charge in [0.15, 0.2) is 32.4 Å². The molecule has 0 spiro atoms. The molecule has 1 fully saturated rings. The van der Waals surface area contributed by atoms with Gasteiger partial charge in [0.05, 0.1) is 10.5 Å². The maximum Gasteiger partial charge on any atom is 0.280 e. The lowest BCUT2D eigenvalue weighted by atomic mass is 9.98. The van der Waals surface area contributed by atoms with E-state index in [0.717, 1.165) is 12.1 Å². The third-order valence-electron chi connectivity index (χ3n) is 3.52. The summed E-state index contributed by atoms with van der Waals surface area (Å²) in [5.41, 5.74) is -0.884. The van der Waals surface area contributed by atoms with E-state index in [9.17, 15) is 32.9 Å². The van der Waals surface area contributed by atoms with E-state index in [0.29, 0.717) is 6.42 Å². The van der Waals surface area contributed by atoms with Gasteiger partial charge in [-0.2, -0.15) is 0 Å². The van der Waals surface area contributed by atoms with Gasteiger partial charge in [0, 0.05) is 18.9 Å². The highest BCUT2D eigenvalue weighted by molar-refractivity contribution is 7.94. The van der Waals surface area contributed by atoms with E-state index in [4.69, 9.17) is 0 Å². The molecule has 0 saturated heterocycles. The Balaban J connectivity index is 2.31. The molecule has 1 saturated carbocycles. The van der Waals surface area contributed by atoms with Gasteiger partial charge in [-0.15, -0.1) is 0 Å². The van der Waals surface area contributed by atoms with Gasteiger partial charge in [-0.05, 0) is 12.5 Å². The minimum atomic E-state index is -4.34. The second-order valence-electron chi connectivity index (χ2n) is 5.17. The summed E-state index contributed by atoms with van der Waals surface area (Å²) in [6, 6.07) is 4.93. The Morgan fingerprint density at radius 1 is 1.17 bits per heavy atom. The summed E-state index contributed by atoms with van der Waals surface area (Å²) in [6.45, 7) is 0. The fourth-order valence-electron chi connectivity index (χ4n) is 2.49. The van der Waals surface area contributed by atoms with Crippen LogP contribution in [0.5, 0.6) is 0 Å². The van der Waals surface area contributed by atoms with Crippen LogP contribution in [-0.2, 0) is 19.4 Å². The molecule has 1 aromatic rings. The van der Waals surface area contributed by atoms with Crippen LogP contribution in [0.3, 0.4) is 0 Å². The monoisotopic (exact) mass is 339 g/mol. The van der Waals surface area contributed by atoms with Crippen molar-refractivity contribution in [1.82, 2.24) is 0 Å². The van der Waals surface area contributed by atoms with E-state index < -0.39 is 48.8 Å². The minimum Gasteiger partial charge on any atom is -0.298 e. The Labute approximate surface area is 131 Å². The lowest BCUT2D eigenvalue weighted by Gasteiger charge is -2.19. The second-order valence-corrected chi connectivity index (χ2v) is 7.26. The fraction of sp³-hybridized carbons (Fsp3) is 0.357. The quantitative estimate of drug-likeness (QED) is 0.337. The first-order valence-electron chi connectivity index (χ1n) is 6.77. The van der Waals surface area contributed by atoms with E-state index in [1.165, 1.54) is 12.1 Å². The number of nitro groups is 1. The Morgan fingerprint density at radius 2 is 1.74 bits per heavy atom. The number of rotatable bonds is 5. The summed E-state index contributed by atoms with van der Waals surface area (Å²) in [5, 5.41) is 9.06. The van der Waals surface area contributed by atoms with Gasteiger partial charge in [-0.1, -0.05) is 12.1 Å². The molecule has 0 aliphatic heterocycles.